The molecular weight excluding hydrogens is 442 g/mol. The molecule has 0 aromatic heterocycles. The van der Waals surface area contributed by atoms with Crippen molar-refractivity contribution in [1.82, 2.24) is 5.32 Å². The van der Waals surface area contributed by atoms with Crippen LogP contribution in [0.25, 0.3) is 11.1 Å². The van der Waals surface area contributed by atoms with Crippen molar-refractivity contribution in [3.05, 3.63) is 54.1 Å². The van der Waals surface area contributed by atoms with E-state index in [4.69, 9.17) is 10.5 Å². The molecule has 0 spiro atoms. The van der Waals surface area contributed by atoms with Gasteiger partial charge in [-0.1, -0.05) is 42.5 Å². The van der Waals surface area contributed by atoms with E-state index in [0.29, 0.717) is 32.2 Å². The summed E-state index contributed by atoms with van der Waals surface area (Å²) in [5.74, 6) is 0. The van der Waals surface area contributed by atoms with Gasteiger partial charge in [0.15, 0.2) is 0 Å². The minimum atomic E-state index is -0.954. The molecule has 0 atom stereocenters. The maximum absolute atomic E-state index is 12.6. The third-order valence-corrected chi connectivity index (χ3v) is 6.31. The van der Waals surface area contributed by atoms with Crippen LogP contribution in [0.2, 0.25) is 0 Å². The van der Waals surface area contributed by atoms with Gasteiger partial charge in [-0.25, -0.2) is 9.59 Å². The summed E-state index contributed by atoms with van der Waals surface area (Å²) in [6, 6.07) is 15.9. The number of carboxylic acid groups (broad SMARTS) is 1. The monoisotopic (exact) mass is 481 g/mol. The number of aryl methyl sites for hydroxylation is 1. The van der Waals surface area contributed by atoms with Crippen molar-refractivity contribution in [2.75, 3.05) is 11.4 Å². The number of carbonyl (C=O) groups excluding carboxylic acids is 1. The Bertz CT molecular complexity index is 979. The predicted molar refractivity (Wildman–Crippen MR) is 140 cm³/mol. The summed E-state index contributed by atoms with van der Waals surface area (Å²) in [6.45, 7) is 6.16. The van der Waals surface area contributed by atoms with Gasteiger partial charge < -0.3 is 20.9 Å². The Hall–Kier alpha value is -3.06. The van der Waals surface area contributed by atoms with Gasteiger partial charge >= 0.3 is 12.2 Å². The molecule has 0 bridgehead atoms. The van der Waals surface area contributed by atoms with Crippen LogP contribution in [-0.4, -0.2) is 41.5 Å². The molecule has 1 saturated carbocycles. The van der Waals surface area contributed by atoms with E-state index in [-0.39, 0.29) is 12.1 Å². The lowest BCUT2D eigenvalue weighted by atomic mass is 9.89. The number of nitrogens with one attached hydrogen (secondary N) is 1. The third-order valence-electron chi connectivity index (χ3n) is 6.31. The number of hydrogen-bond acceptors (Lipinski definition) is 4. The number of nitrogens with zero attached hydrogens (tertiary/aromatic N) is 1. The number of alkyl carbamates (subject to hydrolysis) is 1. The van der Waals surface area contributed by atoms with E-state index in [0.717, 1.165) is 41.6 Å². The molecule has 7 heteroatoms. The molecule has 0 aliphatic heterocycles. The number of rotatable bonds is 8. The molecule has 2 amide bonds. The van der Waals surface area contributed by atoms with E-state index in [1.54, 1.807) is 4.90 Å². The summed E-state index contributed by atoms with van der Waals surface area (Å²) in [5, 5.41) is 13.3. The third kappa shape index (κ3) is 7.72. The fourth-order valence-electron chi connectivity index (χ4n) is 4.68. The van der Waals surface area contributed by atoms with Crippen molar-refractivity contribution in [2.45, 2.75) is 83.4 Å². The molecule has 2 aromatic rings. The second kappa shape index (κ2) is 12.1. The molecule has 7 nitrogen and oxygen atoms in total. The van der Waals surface area contributed by atoms with E-state index >= 15 is 0 Å². The highest BCUT2D eigenvalue weighted by atomic mass is 16.6. The Morgan fingerprint density at radius 2 is 1.74 bits per heavy atom. The molecular formula is C28H39N3O4. The predicted octanol–water partition coefficient (Wildman–Crippen LogP) is 5.96. The highest BCUT2D eigenvalue weighted by Crippen LogP contribution is 2.36. The zero-order valence-electron chi connectivity index (χ0n) is 21.1. The van der Waals surface area contributed by atoms with Crippen molar-refractivity contribution >= 4 is 17.9 Å². The lowest BCUT2D eigenvalue weighted by Crippen LogP contribution is -2.47. The maximum atomic E-state index is 12.6. The topological polar surface area (TPSA) is 105 Å². The first kappa shape index (κ1) is 26.5. The van der Waals surface area contributed by atoms with Crippen LogP contribution in [0.1, 0.15) is 64.9 Å². The van der Waals surface area contributed by atoms with E-state index in [2.05, 4.69) is 11.4 Å². The lowest BCUT2D eigenvalue weighted by molar-refractivity contribution is 0.0490. The molecule has 0 heterocycles. The fraction of sp³-hybridized carbons (Fsp3) is 0.500. The van der Waals surface area contributed by atoms with E-state index in [1.165, 1.54) is 0 Å². The first-order chi connectivity index (χ1) is 16.7. The molecule has 3 rings (SSSR count). The maximum Gasteiger partial charge on any atom is 0.412 e. The molecule has 35 heavy (non-hydrogen) atoms. The van der Waals surface area contributed by atoms with Crippen molar-refractivity contribution in [3.63, 3.8) is 0 Å². The second-order valence-electron chi connectivity index (χ2n) is 10.3. The minimum Gasteiger partial charge on any atom is -0.465 e. The summed E-state index contributed by atoms with van der Waals surface area (Å²) in [5.41, 5.74) is 8.83. The summed E-state index contributed by atoms with van der Waals surface area (Å²) in [7, 11) is 0. The summed E-state index contributed by atoms with van der Waals surface area (Å²) >= 11 is 0. The number of carbonyl (C=O) groups is 2. The molecule has 0 unspecified atom stereocenters. The molecule has 4 N–H and O–H groups in total. The van der Waals surface area contributed by atoms with Gasteiger partial charge in [-0.3, -0.25) is 4.90 Å². The minimum absolute atomic E-state index is 0.0204. The highest BCUT2D eigenvalue weighted by molar-refractivity contribution is 5.93. The first-order valence-electron chi connectivity index (χ1n) is 12.6. The Kier molecular flexibility index (Phi) is 9.15. The number of nitrogens with two attached hydrogens (primary N) is 1. The molecule has 190 valence electrons. The van der Waals surface area contributed by atoms with Crippen LogP contribution in [0.4, 0.5) is 15.3 Å². The molecule has 0 radical (unpaired) electrons. The number of anilines is 1. The largest absolute Gasteiger partial charge is 0.465 e. The van der Waals surface area contributed by atoms with Crippen molar-refractivity contribution in [1.29, 1.82) is 0 Å². The van der Waals surface area contributed by atoms with Crippen LogP contribution in [-0.2, 0) is 11.2 Å². The van der Waals surface area contributed by atoms with Crippen molar-refractivity contribution in [3.8, 4) is 11.1 Å². The van der Waals surface area contributed by atoms with Gasteiger partial charge in [0.1, 0.15) is 5.60 Å². The van der Waals surface area contributed by atoms with Gasteiger partial charge in [0.05, 0.1) is 5.69 Å². The standard InChI is InChI=1S/C28H39N3O4/c1-28(2,3)35-26(32)30-22-13-15-23(16-14-22)31(27(33)34)25-19-20(9-7-8-18-29)12-17-24(25)21-10-5-4-6-11-21/h4-6,10-12,17,19,22-23H,7-9,13-16,18,29H2,1-3H3,(H,30,32)(H,33,34). The van der Waals surface area contributed by atoms with Gasteiger partial charge in [0.25, 0.3) is 0 Å². The molecule has 1 aliphatic rings. The number of hydrogen-bond donors (Lipinski definition) is 3. The average Bonchev–Trinajstić information content (AvgIpc) is 2.80. The molecule has 2 aromatic carbocycles. The van der Waals surface area contributed by atoms with Crippen LogP contribution in [0.5, 0.6) is 0 Å². The van der Waals surface area contributed by atoms with Gasteiger partial charge in [-0.2, -0.15) is 0 Å². The van der Waals surface area contributed by atoms with E-state index in [1.807, 2.05) is 63.2 Å². The Morgan fingerprint density at radius 1 is 1.06 bits per heavy atom. The molecule has 1 fully saturated rings. The molecule has 1 aliphatic carbocycles. The Labute approximate surface area is 208 Å². The van der Waals surface area contributed by atoms with Crippen LogP contribution in [0.15, 0.2) is 48.5 Å². The highest BCUT2D eigenvalue weighted by Gasteiger charge is 2.32. The smallest absolute Gasteiger partial charge is 0.412 e. The zero-order chi connectivity index (χ0) is 25.4. The van der Waals surface area contributed by atoms with Crippen LogP contribution >= 0.6 is 0 Å². The quantitative estimate of drug-likeness (QED) is 0.404. The first-order valence-corrected chi connectivity index (χ1v) is 12.6. The van der Waals surface area contributed by atoms with E-state index < -0.39 is 17.8 Å². The zero-order valence-corrected chi connectivity index (χ0v) is 21.1. The fourth-order valence-corrected chi connectivity index (χ4v) is 4.68. The SMILES string of the molecule is CC(C)(C)OC(=O)NC1CCC(N(C(=O)O)c2cc(CCCCN)ccc2-c2ccccc2)CC1. The van der Waals surface area contributed by atoms with Gasteiger partial charge in [-0.05, 0) is 89.5 Å². The van der Waals surface area contributed by atoms with Crippen LogP contribution in [0, 0.1) is 0 Å². The number of amides is 2. The van der Waals surface area contributed by atoms with Crippen LogP contribution in [0.3, 0.4) is 0 Å². The normalized spacial score (nSPS) is 18.1. The lowest BCUT2D eigenvalue weighted by Gasteiger charge is -2.36. The van der Waals surface area contributed by atoms with Gasteiger partial charge in [-0.15, -0.1) is 0 Å². The summed E-state index contributed by atoms with van der Waals surface area (Å²) in [4.78, 5) is 26.3. The van der Waals surface area contributed by atoms with Gasteiger partial charge in [0, 0.05) is 17.6 Å². The Morgan fingerprint density at radius 3 is 2.34 bits per heavy atom. The number of ether oxygens (including phenoxy) is 1. The molecule has 0 saturated heterocycles. The van der Waals surface area contributed by atoms with Crippen molar-refractivity contribution < 1.29 is 19.4 Å². The van der Waals surface area contributed by atoms with E-state index in [9.17, 15) is 14.7 Å². The Balaban J connectivity index is 1.81. The van der Waals surface area contributed by atoms with Crippen molar-refractivity contribution in [2.24, 2.45) is 5.73 Å². The van der Waals surface area contributed by atoms with Crippen LogP contribution < -0.4 is 16.0 Å². The summed E-state index contributed by atoms with van der Waals surface area (Å²) in [6.07, 6.45) is 4.12. The summed E-state index contributed by atoms with van der Waals surface area (Å²) < 4.78 is 5.38. The number of unbranched alkanes of at least 4 members (excludes halogenated alkanes) is 1. The average molecular weight is 482 g/mol. The second-order valence-corrected chi connectivity index (χ2v) is 10.3. The number of benzene rings is 2. The van der Waals surface area contributed by atoms with Gasteiger partial charge in [0.2, 0.25) is 0 Å².